The van der Waals surface area contributed by atoms with E-state index in [9.17, 15) is 4.79 Å². The summed E-state index contributed by atoms with van der Waals surface area (Å²) in [4.78, 5) is 12.5. The number of hydrogen-bond donors (Lipinski definition) is 1. The number of anilines is 1. The highest BCUT2D eigenvalue weighted by Gasteiger charge is 2.19. The molecule has 1 amide bonds. The second-order valence-electron chi connectivity index (χ2n) is 4.60. The largest absolute Gasteiger partial charge is 0.497 e. The second kappa shape index (κ2) is 7.40. The van der Waals surface area contributed by atoms with Gasteiger partial charge in [-0.25, -0.2) is 0 Å². The van der Waals surface area contributed by atoms with Gasteiger partial charge in [-0.15, -0.1) is 0 Å². The van der Waals surface area contributed by atoms with Crippen LogP contribution in [0.2, 0.25) is 10.0 Å². The first-order chi connectivity index (χ1) is 11.0. The Morgan fingerprint density at radius 3 is 2.22 bits per heavy atom. The van der Waals surface area contributed by atoms with Crippen molar-refractivity contribution in [2.24, 2.45) is 0 Å². The molecule has 2 aromatic rings. The van der Waals surface area contributed by atoms with Gasteiger partial charge in [0.25, 0.3) is 5.91 Å². The number of benzene rings is 2. The van der Waals surface area contributed by atoms with Crippen molar-refractivity contribution in [3.63, 3.8) is 0 Å². The van der Waals surface area contributed by atoms with Gasteiger partial charge in [0, 0.05) is 11.3 Å². The summed E-state index contributed by atoms with van der Waals surface area (Å²) in [5.74, 6) is 0.371. The fraction of sp³-hybridized carbons (Fsp3) is 0.118. The molecule has 0 aliphatic rings. The molecule has 0 unspecified atom stereocenters. The Hall–Kier alpha value is -2.17. The van der Waals surface area contributed by atoms with E-state index in [2.05, 4.69) is 11.9 Å². The van der Waals surface area contributed by atoms with Gasteiger partial charge in [-0.1, -0.05) is 29.8 Å². The molecule has 0 heterocycles. The zero-order valence-electron chi connectivity index (χ0n) is 12.7. The summed E-state index contributed by atoms with van der Waals surface area (Å²) in [7, 11) is 2.98. The van der Waals surface area contributed by atoms with Crippen LogP contribution in [-0.4, -0.2) is 20.1 Å². The lowest BCUT2D eigenvalue weighted by Gasteiger charge is -2.13. The smallest absolute Gasteiger partial charge is 0.261 e. The quantitative estimate of drug-likeness (QED) is 0.781. The fourth-order valence-corrected chi connectivity index (χ4v) is 2.46. The van der Waals surface area contributed by atoms with Gasteiger partial charge in [-0.05, 0) is 36.4 Å². The van der Waals surface area contributed by atoms with E-state index in [1.54, 1.807) is 43.5 Å². The third-order valence-corrected chi connectivity index (χ3v) is 3.81. The van der Waals surface area contributed by atoms with Gasteiger partial charge in [-0.2, -0.15) is 0 Å². The van der Waals surface area contributed by atoms with Crippen LogP contribution in [0.4, 0.5) is 5.69 Å². The van der Waals surface area contributed by atoms with Crippen LogP contribution in [-0.2, 0) is 4.74 Å². The van der Waals surface area contributed by atoms with E-state index < -0.39 is 5.91 Å². The van der Waals surface area contributed by atoms with E-state index in [0.29, 0.717) is 16.5 Å². The number of carbonyl (C=O) groups is 1. The maximum absolute atomic E-state index is 12.5. The summed E-state index contributed by atoms with van der Waals surface area (Å²) in [6.07, 6.45) is 0. The van der Waals surface area contributed by atoms with E-state index in [1.165, 1.54) is 7.11 Å². The molecule has 0 aromatic heterocycles. The average Bonchev–Trinajstić information content (AvgIpc) is 2.56. The zero-order valence-corrected chi connectivity index (χ0v) is 14.2. The molecule has 0 atom stereocenters. The van der Waals surface area contributed by atoms with Crippen molar-refractivity contribution in [2.45, 2.75) is 0 Å². The monoisotopic (exact) mass is 351 g/mol. The molecule has 0 radical (unpaired) electrons. The van der Waals surface area contributed by atoms with Crippen LogP contribution in [0.1, 0.15) is 15.9 Å². The maximum Gasteiger partial charge on any atom is 0.261 e. The van der Waals surface area contributed by atoms with Crippen LogP contribution >= 0.6 is 23.2 Å². The number of ether oxygens (including phenoxy) is 2. The highest BCUT2D eigenvalue weighted by atomic mass is 35.5. The lowest BCUT2D eigenvalue weighted by molar-refractivity contribution is 0.102. The molecule has 2 aromatic carbocycles. The van der Waals surface area contributed by atoms with Crippen LogP contribution in [0.15, 0.2) is 43.0 Å². The van der Waals surface area contributed by atoms with Crippen molar-refractivity contribution < 1.29 is 14.3 Å². The molecule has 2 rings (SSSR count). The Kier molecular flexibility index (Phi) is 5.53. The van der Waals surface area contributed by atoms with Gasteiger partial charge in [-0.3, -0.25) is 4.79 Å². The Bertz CT molecular complexity index is 742. The summed E-state index contributed by atoms with van der Waals surface area (Å²) in [6, 6.07) is 10.2. The van der Waals surface area contributed by atoms with Crippen molar-refractivity contribution in [2.75, 3.05) is 19.5 Å². The molecule has 0 saturated heterocycles. The molecule has 0 aliphatic heterocycles. The van der Waals surface area contributed by atoms with Gasteiger partial charge >= 0.3 is 0 Å². The lowest BCUT2D eigenvalue weighted by Crippen LogP contribution is -2.14. The number of rotatable bonds is 5. The number of amides is 1. The van der Waals surface area contributed by atoms with E-state index in [1.807, 2.05) is 0 Å². The van der Waals surface area contributed by atoms with Gasteiger partial charge in [0.15, 0.2) is 5.75 Å². The summed E-state index contributed by atoms with van der Waals surface area (Å²) in [5.41, 5.74) is 1.61. The molecule has 1 N–H and O–H groups in total. The number of hydrogen-bond acceptors (Lipinski definition) is 3. The Balaban J connectivity index is 2.26. The van der Waals surface area contributed by atoms with Gasteiger partial charge in [0.2, 0.25) is 0 Å². The third kappa shape index (κ3) is 3.78. The van der Waals surface area contributed by atoms with Crippen LogP contribution in [0, 0.1) is 0 Å². The van der Waals surface area contributed by atoms with E-state index in [-0.39, 0.29) is 16.3 Å². The Morgan fingerprint density at radius 2 is 1.65 bits per heavy atom. The molecular weight excluding hydrogens is 337 g/mol. The molecule has 0 fully saturated rings. The number of carbonyl (C=O) groups excluding carboxylic acids is 1. The predicted molar refractivity (Wildman–Crippen MR) is 93.5 cm³/mol. The van der Waals surface area contributed by atoms with Crippen molar-refractivity contribution in [3.05, 3.63) is 64.1 Å². The summed E-state index contributed by atoms with van der Waals surface area (Å²) in [6.45, 7) is 3.77. The first-order valence-corrected chi connectivity index (χ1v) is 7.40. The first-order valence-electron chi connectivity index (χ1n) is 6.64. The van der Waals surface area contributed by atoms with Crippen molar-refractivity contribution in [1.29, 1.82) is 0 Å². The summed E-state index contributed by atoms with van der Waals surface area (Å²) in [5, 5.41) is 3.32. The van der Waals surface area contributed by atoms with E-state index >= 15 is 0 Å². The highest BCUT2D eigenvalue weighted by molar-refractivity contribution is 6.37. The Labute approximate surface area is 144 Å². The minimum Gasteiger partial charge on any atom is -0.497 e. The zero-order chi connectivity index (χ0) is 17.0. The van der Waals surface area contributed by atoms with E-state index in [4.69, 9.17) is 32.7 Å². The third-order valence-electron chi connectivity index (χ3n) is 3.20. The second-order valence-corrected chi connectivity index (χ2v) is 5.41. The average molecular weight is 352 g/mol. The number of nitrogens with one attached hydrogen (secondary N) is 1. The molecule has 6 heteroatoms. The van der Waals surface area contributed by atoms with Crippen LogP contribution in [0.5, 0.6) is 5.75 Å². The van der Waals surface area contributed by atoms with Crippen molar-refractivity contribution in [1.82, 2.24) is 0 Å². The Morgan fingerprint density at radius 1 is 1.04 bits per heavy atom. The molecule has 120 valence electrons. The number of halogens is 2. The normalized spacial score (nSPS) is 10.1. The molecule has 0 spiro atoms. The van der Waals surface area contributed by atoms with Crippen molar-refractivity contribution >= 4 is 40.6 Å². The predicted octanol–water partition coefficient (Wildman–Crippen LogP) is 4.87. The SMILES string of the molecule is C=C(OC)c1ccc(NC(=O)c2c(Cl)ccc(Cl)c2OC)cc1. The molecule has 0 bridgehead atoms. The van der Waals surface area contributed by atoms with Gasteiger partial charge in [0.05, 0.1) is 24.3 Å². The van der Waals surface area contributed by atoms with Gasteiger partial charge < -0.3 is 14.8 Å². The molecule has 23 heavy (non-hydrogen) atoms. The van der Waals surface area contributed by atoms with Crippen molar-refractivity contribution in [3.8, 4) is 5.75 Å². The molecule has 0 aliphatic carbocycles. The molecule has 4 nitrogen and oxygen atoms in total. The fourth-order valence-electron chi connectivity index (χ4n) is 2.00. The summed E-state index contributed by atoms with van der Waals surface area (Å²) < 4.78 is 10.2. The standard InChI is InChI=1S/C17H15Cl2NO3/c1-10(22-2)11-4-6-12(7-5-11)20-17(21)15-13(18)8-9-14(19)16(15)23-3/h4-9H,1H2,2-3H3,(H,20,21). The van der Waals surface area contributed by atoms with Crippen LogP contribution in [0.3, 0.4) is 0 Å². The molecule has 0 saturated carbocycles. The summed E-state index contributed by atoms with van der Waals surface area (Å²) >= 11 is 12.1. The number of methoxy groups -OCH3 is 2. The van der Waals surface area contributed by atoms with E-state index in [0.717, 1.165) is 5.56 Å². The lowest BCUT2D eigenvalue weighted by atomic mass is 10.1. The topological polar surface area (TPSA) is 47.6 Å². The first kappa shape index (κ1) is 17.2. The van der Waals surface area contributed by atoms with Crippen LogP contribution in [0.25, 0.3) is 5.76 Å². The highest BCUT2D eigenvalue weighted by Crippen LogP contribution is 2.34. The van der Waals surface area contributed by atoms with Crippen LogP contribution < -0.4 is 10.1 Å². The molecular formula is C17H15Cl2NO3. The maximum atomic E-state index is 12.5. The van der Waals surface area contributed by atoms with Gasteiger partial charge in [0.1, 0.15) is 11.3 Å². The minimum atomic E-state index is -0.410. The minimum absolute atomic E-state index is 0.187.